The van der Waals surface area contributed by atoms with E-state index in [4.69, 9.17) is 4.42 Å². The van der Waals surface area contributed by atoms with Crippen LogP contribution in [0, 0.1) is 5.92 Å². The van der Waals surface area contributed by atoms with Gasteiger partial charge in [0.05, 0.1) is 16.7 Å². The molecule has 5 heteroatoms. The number of hydrogen-bond acceptors (Lipinski definition) is 5. The summed E-state index contributed by atoms with van der Waals surface area (Å²) in [6.07, 6.45) is 3.84. The van der Waals surface area contributed by atoms with Crippen molar-refractivity contribution in [3.8, 4) is 10.8 Å². The number of aliphatic hydroxyl groups excluding tert-OH is 1. The SMILES string of the molecule is CN(Cc1coc(-c2cccs2)n1)CC(O)C1CC1. The molecule has 1 unspecified atom stereocenters. The standard InChI is InChI=1S/C14H18N2O2S/c1-16(8-12(17)10-4-5-10)7-11-9-18-14(15-11)13-3-2-6-19-13/h2-3,6,9-10,12,17H,4-5,7-8H2,1H3. The summed E-state index contributed by atoms with van der Waals surface area (Å²) in [6.45, 7) is 1.41. The molecule has 0 radical (unpaired) electrons. The van der Waals surface area contributed by atoms with Gasteiger partial charge >= 0.3 is 0 Å². The van der Waals surface area contributed by atoms with Crippen molar-refractivity contribution in [2.24, 2.45) is 5.92 Å². The Bertz CT molecular complexity index is 519. The zero-order chi connectivity index (χ0) is 13.2. The van der Waals surface area contributed by atoms with Crippen LogP contribution in [0.15, 0.2) is 28.2 Å². The van der Waals surface area contributed by atoms with Gasteiger partial charge < -0.3 is 9.52 Å². The predicted octanol–water partition coefficient (Wildman–Crippen LogP) is 2.61. The van der Waals surface area contributed by atoms with Gasteiger partial charge in [-0.05, 0) is 37.3 Å². The van der Waals surface area contributed by atoms with Crippen molar-refractivity contribution in [2.45, 2.75) is 25.5 Å². The molecule has 2 heterocycles. The first kappa shape index (κ1) is 12.8. The lowest BCUT2D eigenvalue weighted by atomic mass is 10.2. The molecule has 3 rings (SSSR count). The van der Waals surface area contributed by atoms with E-state index in [2.05, 4.69) is 9.88 Å². The van der Waals surface area contributed by atoms with Gasteiger partial charge in [-0.25, -0.2) is 4.98 Å². The summed E-state index contributed by atoms with van der Waals surface area (Å²) in [5.41, 5.74) is 0.911. The van der Waals surface area contributed by atoms with Gasteiger partial charge in [0.15, 0.2) is 0 Å². The Morgan fingerprint density at radius 2 is 2.42 bits per heavy atom. The molecular formula is C14H18N2O2S. The number of aliphatic hydroxyl groups is 1. The van der Waals surface area contributed by atoms with E-state index in [0.29, 0.717) is 24.9 Å². The first-order valence-corrected chi connectivity index (χ1v) is 7.45. The Labute approximate surface area is 116 Å². The molecule has 1 N–H and O–H groups in total. The van der Waals surface area contributed by atoms with Gasteiger partial charge in [0, 0.05) is 13.1 Å². The highest BCUT2D eigenvalue weighted by atomic mass is 32.1. The summed E-state index contributed by atoms with van der Waals surface area (Å²) in [5.74, 6) is 1.20. The van der Waals surface area contributed by atoms with Gasteiger partial charge in [-0.2, -0.15) is 0 Å². The summed E-state index contributed by atoms with van der Waals surface area (Å²) in [4.78, 5) is 7.63. The molecule has 2 aromatic heterocycles. The smallest absolute Gasteiger partial charge is 0.236 e. The van der Waals surface area contributed by atoms with Crippen molar-refractivity contribution in [1.29, 1.82) is 0 Å². The maximum absolute atomic E-state index is 9.91. The number of aromatic nitrogens is 1. The highest BCUT2D eigenvalue weighted by Crippen LogP contribution is 2.32. The fourth-order valence-electron chi connectivity index (χ4n) is 2.18. The molecule has 102 valence electrons. The second-order valence-electron chi connectivity index (χ2n) is 5.22. The highest BCUT2D eigenvalue weighted by molar-refractivity contribution is 7.13. The second-order valence-corrected chi connectivity index (χ2v) is 6.17. The molecule has 1 fully saturated rings. The molecule has 4 nitrogen and oxygen atoms in total. The van der Waals surface area contributed by atoms with Crippen molar-refractivity contribution < 1.29 is 9.52 Å². The molecular weight excluding hydrogens is 260 g/mol. The predicted molar refractivity (Wildman–Crippen MR) is 74.9 cm³/mol. The molecule has 1 saturated carbocycles. The van der Waals surface area contributed by atoms with Crippen molar-refractivity contribution in [1.82, 2.24) is 9.88 Å². The molecule has 2 aromatic rings. The van der Waals surface area contributed by atoms with E-state index in [-0.39, 0.29) is 6.10 Å². The van der Waals surface area contributed by atoms with Gasteiger partial charge in [0.2, 0.25) is 5.89 Å². The molecule has 0 spiro atoms. The average molecular weight is 278 g/mol. The normalized spacial score (nSPS) is 17.0. The maximum atomic E-state index is 9.91. The van der Waals surface area contributed by atoms with Gasteiger partial charge in [-0.15, -0.1) is 11.3 Å². The van der Waals surface area contributed by atoms with Crippen LogP contribution in [0.2, 0.25) is 0 Å². The van der Waals surface area contributed by atoms with Crippen LogP contribution in [-0.2, 0) is 6.54 Å². The van der Waals surface area contributed by atoms with Crippen LogP contribution in [0.3, 0.4) is 0 Å². The molecule has 1 aliphatic carbocycles. The summed E-state index contributed by atoms with van der Waals surface area (Å²) in [7, 11) is 2.01. The summed E-state index contributed by atoms with van der Waals surface area (Å²) >= 11 is 1.62. The summed E-state index contributed by atoms with van der Waals surface area (Å²) in [6, 6.07) is 3.99. The van der Waals surface area contributed by atoms with Crippen molar-refractivity contribution in [2.75, 3.05) is 13.6 Å². The van der Waals surface area contributed by atoms with Gasteiger partial charge in [0.1, 0.15) is 6.26 Å². The fraction of sp³-hybridized carbons (Fsp3) is 0.500. The monoisotopic (exact) mass is 278 g/mol. The summed E-state index contributed by atoms with van der Waals surface area (Å²) < 4.78 is 5.48. The third-order valence-corrected chi connectivity index (χ3v) is 4.24. The molecule has 0 saturated heterocycles. The molecule has 1 atom stereocenters. The largest absolute Gasteiger partial charge is 0.444 e. The van der Waals surface area contributed by atoms with E-state index in [1.807, 2.05) is 24.6 Å². The van der Waals surface area contributed by atoms with Gasteiger partial charge in [-0.3, -0.25) is 4.90 Å². The van der Waals surface area contributed by atoms with E-state index < -0.39 is 0 Å². The van der Waals surface area contributed by atoms with Crippen LogP contribution >= 0.6 is 11.3 Å². The van der Waals surface area contributed by atoms with E-state index in [0.717, 1.165) is 10.6 Å². The molecule has 0 aliphatic heterocycles. The van der Waals surface area contributed by atoms with Crippen LogP contribution in [-0.4, -0.2) is 34.7 Å². The number of thiophene rings is 1. The molecule has 0 aromatic carbocycles. The zero-order valence-electron chi connectivity index (χ0n) is 11.0. The minimum Gasteiger partial charge on any atom is -0.444 e. The van der Waals surface area contributed by atoms with Crippen LogP contribution in [0.1, 0.15) is 18.5 Å². The third kappa shape index (κ3) is 3.23. The maximum Gasteiger partial charge on any atom is 0.236 e. The van der Waals surface area contributed by atoms with Gasteiger partial charge in [-0.1, -0.05) is 6.07 Å². The lowest BCUT2D eigenvalue weighted by Crippen LogP contribution is -2.30. The Morgan fingerprint density at radius 1 is 1.58 bits per heavy atom. The van der Waals surface area contributed by atoms with Crippen molar-refractivity contribution >= 4 is 11.3 Å². The summed E-state index contributed by atoms with van der Waals surface area (Å²) in [5, 5.41) is 11.9. The zero-order valence-corrected chi connectivity index (χ0v) is 11.8. The van der Waals surface area contributed by atoms with Gasteiger partial charge in [0.25, 0.3) is 0 Å². The number of rotatable bonds is 6. The lowest BCUT2D eigenvalue weighted by molar-refractivity contribution is 0.104. The van der Waals surface area contributed by atoms with E-state index in [1.54, 1.807) is 17.6 Å². The third-order valence-electron chi connectivity index (χ3n) is 3.38. The minimum atomic E-state index is -0.200. The van der Waals surface area contributed by atoms with Crippen LogP contribution < -0.4 is 0 Å². The lowest BCUT2D eigenvalue weighted by Gasteiger charge is -2.18. The number of nitrogens with zero attached hydrogens (tertiary/aromatic N) is 2. The molecule has 1 aliphatic rings. The average Bonchev–Trinajstić information content (AvgIpc) is 2.89. The molecule has 0 bridgehead atoms. The first-order chi connectivity index (χ1) is 9.22. The Hall–Kier alpha value is -1.17. The fourth-order valence-corrected chi connectivity index (χ4v) is 2.84. The Kier molecular flexibility index (Phi) is 3.68. The van der Waals surface area contributed by atoms with E-state index >= 15 is 0 Å². The van der Waals surface area contributed by atoms with Crippen molar-refractivity contribution in [3.63, 3.8) is 0 Å². The Balaban J connectivity index is 1.57. The number of likely N-dealkylation sites (N-methyl/N-ethyl adjacent to an activating group) is 1. The number of oxazole rings is 1. The van der Waals surface area contributed by atoms with E-state index in [1.165, 1.54) is 12.8 Å². The topological polar surface area (TPSA) is 49.5 Å². The van der Waals surface area contributed by atoms with Crippen LogP contribution in [0.5, 0.6) is 0 Å². The van der Waals surface area contributed by atoms with E-state index in [9.17, 15) is 5.11 Å². The minimum absolute atomic E-state index is 0.200. The number of hydrogen-bond donors (Lipinski definition) is 1. The second kappa shape index (κ2) is 5.45. The van der Waals surface area contributed by atoms with Crippen LogP contribution in [0.25, 0.3) is 10.8 Å². The van der Waals surface area contributed by atoms with Crippen molar-refractivity contribution in [3.05, 3.63) is 29.5 Å². The van der Waals surface area contributed by atoms with Crippen LogP contribution in [0.4, 0.5) is 0 Å². The highest BCUT2D eigenvalue weighted by Gasteiger charge is 2.30. The first-order valence-electron chi connectivity index (χ1n) is 6.57. The molecule has 19 heavy (non-hydrogen) atoms. The molecule has 0 amide bonds. The quantitative estimate of drug-likeness (QED) is 0.882. The Morgan fingerprint density at radius 3 is 3.11 bits per heavy atom.